The minimum atomic E-state index is 0.583. The molecular formula is C18H21N3O3. The zero-order chi connectivity index (χ0) is 16.4. The summed E-state index contributed by atoms with van der Waals surface area (Å²) in [5.41, 5.74) is 2.97. The molecule has 0 spiro atoms. The van der Waals surface area contributed by atoms with Gasteiger partial charge in [-0.3, -0.25) is 0 Å². The van der Waals surface area contributed by atoms with Crippen molar-refractivity contribution in [3.05, 3.63) is 30.0 Å². The molecule has 0 amide bonds. The summed E-state index contributed by atoms with van der Waals surface area (Å²) < 4.78 is 16.7. The van der Waals surface area contributed by atoms with Crippen LogP contribution in [0.15, 0.2) is 24.3 Å². The molecule has 0 unspecified atom stereocenters. The van der Waals surface area contributed by atoms with Gasteiger partial charge in [0.25, 0.3) is 0 Å². The van der Waals surface area contributed by atoms with Crippen LogP contribution in [0.1, 0.15) is 12.6 Å². The van der Waals surface area contributed by atoms with Crippen molar-refractivity contribution in [2.24, 2.45) is 0 Å². The first-order valence-electron chi connectivity index (χ1n) is 8.44. The average molecular weight is 327 g/mol. The fourth-order valence-corrected chi connectivity index (χ4v) is 2.92. The first kappa shape index (κ1) is 15.2. The number of nitrogens with zero attached hydrogens (tertiary/aromatic N) is 3. The average Bonchev–Trinajstić information content (AvgIpc) is 2.68. The number of benzene rings is 1. The molecule has 6 heteroatoms. The lowest BCUT2D eigenvalue weighted by Gasteiger charge is -2.27. The molecule has 0 radical (unpaired) electrons. The van der Waals surface area contributed by atoms with Gasteiger partial charge in [0.15, 0.2) is 11.5 Å². The lowest BCUT2D eigenvalue weighted by Crippen LogP contribution is -2.37. The fourth-order valence-electron chi connectivity index (χ4n) is 2.92. The van der Waals surface area contributed by atoms with Crippen LogP contribution in [0.25, 0.3) is 11.3 Å². The van der Waals surface area contributed by atoms with Crippen LogP contribution >= 0.6 is 0 Å². The van der Waals surface area contributed by atoms with E-state index in [1.165, 1.54) is 0 Å². The first-order valence-corrected chi connectivity index (χ1v) is 8.44. The van der Waals surface area contributed by atoms with Gasteiger partial charge in [-0.25, -0.2) is 9.97 Å². The standard InChI is InChI=1S/C18H21N3O3/c1-2-14-12-15(20-18(19-14)21-5-7-22-8-6-21)13-3-4-16-17(11-13)24-10-9-23-16/h3-4,11-12H,2,5-10H2,1H3. The van der Waals surface area contributed by atoms with Gasteiger partial charge in [0.05, 0.1) is 18.9 Å². The maximum absolute atomic E-state index is 5.69. The van der Waals surface area contributed by atoms with Gasteiger partial charge in [-0.2, -0.15) is 0 Å². The van der Waals surface area contributed by atoms with E-state index in [0.717, 1.165) is 67.1 Å². The number of rotatable bonds is 3. The van der Waals surface area contributed by atoms with Gasteiger partial charge in [0, 0.05) is 24.3 Å². The lowest BCUT2D eigenvalue weighted by atomic mass is 10.1. The van der Waals surface area contributed by atoms with Crippen LogP contribution in [0.2, 0.25) is 0 Å². The van der Waals surface area contributed by atoms with Crippen molar-refractivity contribution < 1.29 is 14.2 Å². The maximum Gasteiger partial charge on any atom is 0.226 e. The van der Waals surface area contributed by atoms with E-state index in [-0.39, 0.29) is 0 Å². The number of ether oxygens (including phenoxy) is 3. The Hall–Kier alpha value is -2.34. The number of fused-ring (bicyclic) bond motifs is 1. The number of hydrogen-bond acceptors (Lipinski definition) is 6. The number of hydrogen-bond donors (Lipinski definition) is 0. The summed E-state index contributed by atoms with van der Waals surface area (Å²) in [6, 6.07) is 8.03. The van der Waals surface area contributed by atoms with Crippen LogP contribution < -0.4 is 14.4 Å². The number of morpholine rings is 1. The molecule has 3 heterocycles. The van der Waals surface area contributed by atoms with Gasteiger partial charge < -0.3 is 19.1 Å². The monoisotopic (exact) mass is 327 g/mol. The topological polar surface area (TPSA) is 56.7 Å². The highest BCUT2D eigenvalue weighted by molar-refractivity contribution is 5.65. The number of aryl methyl sites for hydroxylation is 1. The minimum absolute atomic E-state index is 0.583. The second-order valence-corrected chi connectivity index (χ2v) is 5.86. The molecule has 1 saturated heterocycles. The molecule has 1 aromatic carbocycles. The van der Waals surface area contributed by atoms with Gasteiger partial charge in [-0.1, -0.05) is 6.92 Å². The van der Waals surface area contributed by atoms with Crippen molar-refractivity contribution in [2.45, 2.75) is 13.3 Å². The highest BCUT2D eigenvalue weighted by Crippen LogP contribution is 2.34. The van der Waals surface area contributed by atoms with Gasteiger partial charge in [-0.05, 0) is 30.7 Å². The van der Waals surface area contributed by atoms with Crippen LogP contribution in [0.4, 0.5) is 5.95 Å². The zero-order valence-electron chi connectivity index (χ0n) is 13.8. The predicted octanol–water partition coefficient (Wildman–Crippen LogP) is 2.31. The summed E-state index contributed by atoms with van der Waals surface area (Å²) in [4.78, 5) is 11.7. The largest absolute Gasteiger partial charge is 0.486 e. The molecule has 24 heavy (non-hydrogen) atoms. The quantitative estimate of drug-likeness (QED) is 0.862. The van der Waals surface area contributed by atoms with Crippen molar-refractivity contribution in [1.82, 2.24) is 9.97 Å². The fraction of sp³-hybridized carbons (Fsp3) is 0.444. The first-order chi connectivity index (χ1) is 11.8. The molecule has 6 nitrogen and oxygen atoms in total. The summed E-state index contributed by atoms with van der Waals surface area (Å²) >= 11 is 0. The van der Waals surface area contributed by atoms with Crippen LogP contribution in [0, 0.1) is 0 Å². The molecule has 1 aromatic heterocycles. The minimum Gasteiger partial charge on any atom is -0.486 e. The Balaban J connectivity index is 1.71. The summed E-state index contributed by atoms with van der Waals surface area (Å²) in [6.07, 6.45) is 0.872. The van der Waals surface area contributed by atoms with E-state index in [1.54, 1.807) is 0 Å². The second-order valence-electron chi connectivity index (χ2n) is 5.86. The molecule has 0 atom stereocenters. The van der Waals surface area contributed by atoms with Crippen molar-refractivity contribution in [3.63, 3.8) is 0 Å². The molecule has 2 aliphatic rings. The van der Waals surface area contributed by atoms with Crippen molar-refractivity contribution in [3.8, 4) is 22.8 Å². The summed E-state index contributed by atoms with van der Waals surface area (Å²) in [5.74, 6) is 2.36. The molecule has 126 valence electrons. The third-order valence-corrected chi connectivity index (χ3v) is 4.26. The van der Waals surface area contributed by atoms with E-state index in [9.17, 15) is 0 Å². The maximum atomic E-state index is 5.69. The smallest absolute Gasteiger partial charge is 0.226 e. The summed E-state index contributed by atoms with van der Waals surface area (Å²) in [5, 5.41) is 0. The normalized spacial score (nSPS) is 17.0. The van der Waals surface area contributed by atoms with Crippen LogP contribution in [0.5, 0.6) is 11.5 Å². The van der Waals surface area contributed by atoms with Crippen molar-refractivity contribution >= 4 is 5.95 Å². The Labute approximate surface area is 141 Å². The van der Waals surface area contributed by atoms with Crippen molar-refractivity contribution in [1.29, 1.82) is 0 Å². The van der Waals surface area contributed by atoms with Gasteiger partial charge in [-0.15, -0.1) is 0 Å². The third kappa shape index (κ3) is 3.01. The summed E-state index contributed by atoms with van der Waals surface area (Å²) in [7, 11) is 0. The van der Waals surface area contributed by atoms with Gasteiger partial charge >= 0.3 is 0 Å². The Morgan fingerprint density at radius 1 is 0.958 bits per heavy atom. The SMILES string of the molecule is CCc1cc(-c2ccc3c(c2)OCCO3)nc(N2CCOCC2)n1. The molecular weight excluding hydrogens is 306 g/mol. The molecule has 1 fully saturated rings. The molecule has 0 bridgehead atoms. The Morgan fingerprint density at radius 2 is 1.75 bits per heavy atom. The Kier molecular flexibility index (Phi) is 4.21. The second kappa shape index (κ2) is 6.65. The number of aromatic nitrogens is 2. The molecule has 0 N–H and O–H groups in total. The predicted molar refractivity (Wildman–Crippen MR) is 90.9 cm³/mol. The molecule has 2 aliphatic heterocycles. The van der Waals surface area contributed by atoms with Crippen LogP contribution in [0.3, 0.4) is 0 Å². The highest BCUT2D eigenvalue weighted by Gasteiger charge is 2.17. The van der Waals surface area contributed by atoms with Crippen LogP contribution in [-0.4, -0.2) is 49.5 Å². The number of anilines is 1. The lowest BCUT2D eigenvalue weighted by molar-refractivity contribution is 0.122. The van der Waals surface area contributed by atoms with E-state index in [2.05, 4.69) is 17.9 Å². The molecule has 0 aliphatic carbocycles. The Bertz CT molecular complexity index is 729. The van der Waals surface area contributed by atoms with E-state index < -0.39 is 0 Å². The highest BCUT2D eigenvalue weighted by atomic mass is 16.6. The van der Waals surface area contributed by atoms with E-state index in [0.29, 0.717) is 13.2 Å². The van der Waals surface area contributed by atoms with Crippen molar-refractivity contribution in [2.75, 3.05) is 44.4 Å². The van der Waals surface area contributed by atoms with Gasteiger partial charge in [0.2, 0.25) is 5.95 Å². The van der Waals surface area contributed by atoms with E-state index in [4.69, 9.17) is 24.2 Å². The van der Waals surface area contributed by atoms with Crippen LogP contribution in [-0.2, 0) is 11.2 Å². The third-order valence-electron chi connectivity index (χ3n) is 4.26. The van der Waals surface area contributed by atoms with Gasteiger partial charge in [0.1, 0.15) is 13.2 Å². The molecule has 0 saturated carbocycles. The molecule has 4 rings (SSSR count). The Morgan fingerprint density at radius 3 is 2.54 bits per heavy atom. The zero-order valence-corrected chi connectivity index (χ0v) is 13.8. The summed E-state index contributed by atoms with van der Waals surface area (Å²) in [6.45, 7) is 6.39. The molecule has 2 aromatic rings. The van der Waals surface area contributed by atoms with E-state index in [1.807, 2.05) is 18.2 Å². The van der Waals surface area contributed by atoms with E-state index >= 15 is 0 Å².